The van der Waals surface area contributed by atoms with Gasteiger partial charge in [-0.1, -0.05) is 11.8 Å². The van der Waals surface area contributed by atoms with Crippen molar-refractivity contribution in [2.45, 2.75) is 64.8 Å². The largest absolute Gasteiger partial charge is 0.378 e. The second-order valence-electron chi connectivity index (χ2n) is 5.33. The van der Waals surface area contributed by atoms with Crippen LogP contribution < -0.4 is 0 Å². The van der Waals surface area contributed by atoms with Crippen molar-refractivity contribution in [1.82, 2.24) is 0 Å². The minimum absolute atomic E-state index is 0.510. The van der Waals surface area contributed by atoms with Crippen molar-refractivity contribution in [3.05, 3.63) is 0 Å². The van der Waals surface area contributed by atoms with Crippen LogP contribution in [-0.4, -0.2) is 35.0 Å². The molecule has 0 bridgehead atoms. The van der Waals surface area contributed by atoms with E-state index in [9.17, 15) is 5.11 Å². The Bertz CT molecular complexity index is 332. The van der Waals surface area contributed by atoms with Crippen LogP contribution in [0.25, 0.3) is 0 Å². The van der Waals surface area contributed by atoms with Gasteiger partial charge >= 0.3 is 0 Å². The Balaban J connectivity index is 2.90. The van der Waals surface area contributed by atoms with Crippen molar-refractivity contribution in [2.75, 3.05) is 6.61 Å². The normalized spacial score (nSPS) is 32.1. The molecule has 0 saturated carbocycles. The topological polar surface area (TPSA) is 47.9 Å². The van der Waals surface area contributed by atoms with Crippen LogP contribution in [0, 0.1) is 11.8 Å². The fraction of sp³-hybridized carbons (Fsp3) is 0.846. The average molecular weight is 242 g/mol. The Labute approximate surface area is 103 Å². The molecule has 2 atom stereocenters. The van der Waals surface area contributed by atoms with E-state index in [4.69, 9.17) is 14.2 Å². The zero-order valence-electron chi connectivity index (χ0n) is 11.5. The smallest absolute Gasteiger partial charge is 0.273 e. The van der Waals surface area contributed by atoms with Gasteiger partial charge < -0.3 is 19.3 Å². The summed E-state index contributed by atoms with van der Waals surface area (Å²) in [6.07, 6.45) is 0. The average Bonchev–Trinajstić information content (AvgIpc) is 2.34. The molecule has 0 radical (unpaired) electrons. The molecule has 4 heteroatoms. The van der Waals surface area contributed by atoms with E-state index in [1.54, 1.807) is 13.8 Å². The lowest BCUT2D eigenvalue weighted by Gasteiger charge is -2.29. The lowest BCUT2D eigenvalue weighted by atomic mass is 9.88. The molecule has 0 amide bonds. The van der Waals surface area contributed by atoms with E-state index in [1.165, 1.54) is 0 Å². The molecule has 1 saturated heterocycles. The molecular formula is C13H22O4. The van der Waals surface area contributed by atoms with Gasteiger partial charge in [-0.2, -0.15) is 0 Å². The van der Waals surface area contributed by atoms with Gasteiger partial charge in [0, 0.05) is 6.61 Å². The fourth-order valence-corrected chi connectivity index (χ4v) is 1.37. The first-order chi connectivity index (χ1) is 7.60. The summed E-state index contributed by atoms with van der Waals surface area (Å²) in [5.41, 5.74) is -2.44. The van der Waals surface area contributed by atoms with Gasteiger partial charge in [-0.15, -0.1) is 0 Å². The number of hydrogen-bond acceptors (Lipinski definition) is 4. The predicted octanol–water partition coefficient (Wildman–Crippen LogP) is 1.66. The standard InChI is InChI=1S/C13H22O4/c1-7-15-10-16-12(4,5)13(6,17-10)9-8-11(2,3)14/h10,14H,7H2,1-6H3. The molecule has 1 heterocycles. The van der Waals surface area contributed by atoms with E-state index in [-0.39, 0.29) is 0 Å². The highest BCUT2D eigenvalue weighted by Crippen LogP contribution is 2.38. The van der Waals surface area contributed by atoms with Gasteiger partial charge in [0.15, 0.2) is 5.60 Å². The fourth-order valence-electron chi connectivity index (χ4n) is 1.37. The summed E-state index contributed by atoms with van der Waals surface area (Å²) in [4.78, 5) is 0. The third-order valence-electron chi connectivity index (χ3n) is 2.78. The van der Waals surface area contributed by atoms with Gasteiger partial charge in [0.2, 0.25) is 0 Å². The van der Waals surface area contributed by atoms with E-state index in [1.807, 2.05) is 27.7 Å². The lowest BCUT2D eigenvalue weighted by molar-refractivity contribution is -0.249. The third kappa shape index (κ3) is 3.43. The molecule has 1 N–H and O–H groups in total. The van der Waals surface area contributed by atoms with Gasteiger partial charge in [-0.3, -0.25) is 0 Å². The molecule has 1 aliphatic rings. The summed E-state index contributed by atoms with van der Waals surface area (Å²) in [6, 6.07) is 0. The first-order valence-corrected chi connectivity index (χ1v) is 5.83. The van der Waals surface area contributed by atoms with Gasteiger partial charge in [0.25, 0.3) is 6.48 Å². The summed E-state index contributed by atoms with van der Waals surface area (Å²) in [5.74, 6) is 5.72. The highest BCUT2D eigenvalue weighted by molar-refractivity contribution is 5.24. The Hall–Kier alpha value is -0.600. The molecule has 4 nitrogen and oxygen atoms in total. The summed E-state index contributed by atoms with van der Waals surface area (Å²) in [6.45, 7) is 10.6. The van der Waals surface area contributed by atoms with Crippen molar-refractivity contribution >= 4 is 0 Å². The molecule has 17 heavy (non-hydrogen) atoms. The molecule has 1 fully saturated rings. The molecule has 0 aliphatic carbocycles. The molecule has 0 aromatic rings. The van der Waals surface area contributed by atoms with Crippen LogP contribution in [0.2, 0.25) is 0 Å². The second-order valence-corrected chi connectivity index (χ2v) is 5.33. The van der Waals surface area contributed by atoms with Gasteiger partial charge in [-0.05, 0) is 41.5 Å². The zero-order chi connectivity index (χ0) is 13.3. The molecule has 98 valence electrons. The van der Waals surface area contributed by atoms with Crippen LogP contribution in [-0.2, 0) is 14.2 Å². The minimum atomic E-state index is -1.05. The van der Waals surface area contributed by atoms with Crippen LogP contribution in [0.3, 0.4) is 0 Å². The van der Waals surface area contributed by atoms with Crippen molar-refractivity contribution in [2.24, 2.45) is 0 Å². The summed E-state index contributed by atoms with van der Waals surface area (Å²) in [7, 11) is 0. The number of ether oxygens (including phenoxy) is 3. The van der Waals surface area contributed by atoms with Crippen LogP contribution >= 0.6 is 0 Å². The SMILES string of the molecule is CCOC1OC(C)(C)C(C)(C#CC(C)(C)O)O1. The molecule has 0 aromatic heterocycles. The molecule has 1 rings (SSSR count). The van der Waals surface area contributed by atoms with Crippen LogP contribution in [0.5, 0.6) is 0 Å². The minimum Gasteiger partial charge on any atom is -0.378 e. The highest BCUT2D eigenvalue weighted by Gasteiger charge is 2.52. The second kappa shape index (κ2) is 4.58. The molecule has 0 spiro atoms. The Kier molecular flexibility index (Phi) is 3.90. The Morgan fingerprint density at radius 2 is 1.88 bits per heavy atom. The maximum absolute atomic E-state index is 9.63. The predicted molar refractivity (Wildman–Crippen MR) is 64.1 cm³/mol. The third-order valence-corrected chi connectivity index (χ3v) is 2.78. The van der Waals surface area contributed by atoms with Crippen LogP contribution in [0.15, 0.2) is 0 Å². The van der Waals surface area contributed by atoms with Gasteiger partial charge in [0.1, 0.15) is 11.2 Å². The number of hydrogen-bond donors (Lipinski definition) is 1. The number of rotatable bonds is 2. The van der Waals surface area contributed by atoms with E-state index in [2.05, 4.69) is 11.8 Å². The van der Waals surface area contributed by atoms with Crippen molar-refractivity contribution in [3.63, 3.8) is 0 Å². The van der Waals surface area contributed by atoms with E-state index in [0.717, 1.165) is 0 Å². The zero-order valence-corrected chi connectivity index (χ0v) is 11.5. The maximum atomic E-state index is 9.63. The summed E-state index contributed by atoms with van der Waals surface area (Å²) < 4.78 is 16.6. The summed E-state index contributed by atoms with van der Waals surface area (Å²) >= 11 is 0. The van der Waals surface area contributed by atoms with Crippen LogP contribution in [0.1, 0.15) is 41.5 Å². The lowest BCUT2D eigenvalue weighted by Crippen LogP contribution is -2.43. The van der Waals surface area contributed by atoms with Gasteiger partial charge in [-0.25, -0.2) is 0 Å². The highest BCUT2D eigenvalue weighted by atomic mass is 16.9. The first-order valence-electron chi connectivity index (χ1n) is 5.83. The Morgan fingerprint density at radius 1 is 1.29 bits per heavy atom. The Morgan fingerprint density at radius 3 is 2.35 bits per heavy atom. The van der Waals surface area contributed by atoms with E-state index in [0.29, 0.717) is 6.61 Å². The van der Waals surface area contributed by atoms with Crippen LogP contribution in [0.4, 0.5) is 0 Å². The molecule has 2 unspecified atom stereocenters. The number of aliphatic hydroxyl groups is 1. The first kappa shape index (κ1) is 14.5. The van der Waals surface area contributed by atoms with Gasteiger partial charge in [0.05, 0.1) is 0 Å². The molecular weight excluding hydrogens is 220 g/mol. The quantitative estimate of drug-likeness (QED) is 0.748. The van der Waals surface area contributed by atoms with Crippen molar-refractivity contribution in [1.29, 1.82) is 0 Å². The maximum Gasteiger partial charge on any atom is 0.273 e. The molecule has 0 aromatic carbocycles. The van der Waals surface area contributed by atoms with Crippen molar-refractivity contribution < 1.29 is 19.3 Å². The van der Waals surface area contributed by atoms with E-state index < -0.39 is 23.3 Å². The monoisotopic (exact) mass is 242 g/mol. The van der Waals surface area contributed by atoms with Crippen molar-refractivity contribution in [3.8, 4) is 11.8 Å². The summed E-state index contributed by atoms with van der Waals surface area (Å²) in [5, 5.41) is 9.63. The van der Waals surface area contributed by atoms with E-state index >= 15 is 0 Å². The molecule has 1 aliphatic heterocycles.